The maximum absolute atomic E-state index is 13.0. The van der Waals surface area contributed by atoms with Gasteiger partial charge in [-0.15, -0.1) is 0 Å². The maximum Gasteiger partial charge on any atom is 0.253 e. The van der Waals surface area contributed by atoms with Crippen molar-refractivity contribution in [2.45, 2.75) is 44.7 Å². The molecule has 3 saturated heterocycles. The lowest BCUT2D eigenvalue weighted by molar-refractivity contribution is 0.0768. The van der Waals surface area contributed by atoms with Crippen LogP contribution in [-0.4, -0.2) is 72.5 Å². The van der Waals surface area contributed by atoms with Gasteiger partial charge in [0.2, 0.25) is 0 Å². The van der Waals surface area contributed by atoms with Crippen molar-refractivity contribution in [1.82, 2.24) is 14.8 Å². The Hall–Kier alpha value is -2.60. The average molecular weight is 460 g/mol. The van der Waals surface area contributed by atoms with Gasteiger partial charge in [-0.05, 0) is 66.5 Å². The molecule has 4 unspecified atom stereocenters. The number of carbonyl (C=O) groups is 1. The molecule has 6 heteroatoms. The summed E-state index contributed by atoms with van der Waals surface area (Å²) in [7, 11) is 2.23. The van der Waals surface area contributed by atoms with Crippen LogP contribution in [-0.2, 0) is 5.41 Å². The molecule has 1 aromatic heterocycles. The molecule has 6 nitrogen and oxygen atoms in total. The molecule has 4 aliphatic rings. The highest BCUT2D eigenvalue weighted by molar-refractivity contribution is 5.94. The van der Waals surface area contributed by atoms with E-state index in [9.17, 15) is 4.79 Å². The van der Waals surface area contributed by atoms with Crippen LogP contribution in [0.25, 0.3) is 0 Å². The van der Waals surface area contributed by atoms with E-state index in [2.05, 4.69) is 72.1 Å². The van der Waals surface area contributed by atoms with Crippen molar-refractivity contribution in [2.24, 2.45) is 17.8 Å². The molecule has 1 aromatic carbocycles. The van der Waals surface area contributed by atoms with Crippen molar-refractivity contribution in [3.05, 3.63) is 53.7 Å². The minimum Gasteiger partial charge on any atom is -0.383 e. The van der Waals surface area contributed by atoms with E-state index in [1.165, 1.54) is 12.0 Å². The molecule has 3 aliphatic heterocycles. The van der Waals surface area contributed by atoms with Gasteiger partial charge in [-0.3, -0.25) is 9.69 Å². The molecule has 0 spiro atoms. The quantitative estimate of drug-likeness (QED) is 0.739. The summed E-state index contributed by atoms with van der Waals surface area (Å²) in [6.07, 6.45) is 3.25. The van der Waals surface area contributed by atoms with Gasteiger partial charge in [0, 0.05) is 50.4 Å². The lowest BCUT2D eigenvalue weighted by atomic mass is 9.86. The molecule has 34 heavy (non-hydrogen) atoms. The third-order valence-corrected chi connectivity index (χ3v) is 8.75. The number of anilines is 2. The summed E-state index contributed by atoms with van der Waals surface area (Å²) in [6, 6.07) is 13.8. The number of likely N-dealkylation sites (tertiary alicyclic amines) is 2. The lowest BCUT2D eigenvalue weighted by Crippen LogP contribution is -2.44. The SMILES string of the molecule is CN1CC2CC1CN2c1ccc(NCC2C3CN(C(=O)c4ccc(C(C)(C)C)cc4)CC23)cn1. The van der Waals surface area contributed by atoms with Gasteiger partial charge in [-0.2, -0.15) is 0 Å². The normalized spacial score (nSPS) is 30.1. The van der Waals surface area contributed by atoms with Gasteiger partial charge in [0.1, 0.15) is 5.82 Å². The summed E-state index contributed by atoms with van der Waals surface area (Å²) in [5, 5.41) is 3.60. The highest BCUT2D eigenvalue weighted by atomic mass is 16.2. The lowest BCUT2D eigenvalue weighted by Gasteiger charge is -2.32. The average Bonchev–Trinajstić information content (AvgIpc) is 3.21. The number of hydrogen-bond donors (Lipinski definition) is 1. The van der Waals surface area contributed by atoms with Gasteiger partial charge in [0.25, 0.3) is 5.91 Å². The summed E-state index contributed by atoms with van der Waals surface area (Å²) in [5.74, 6) is 3.22. The van der Waals surface area contributed by atoms with Crippen molar-refractivity contribution < 1.29 is 4.79 Å². The van der Waals surface area contributed by atoms with Gasteiger partial charge in [-0.25, -0.2) is 4.98 Å². The van der Waals surface area contributed by atoms with E-state index in [4.69, 9.17) is 4.98 Å². The molecule has 180 valence electrons. The summed E-state index contributed by atoms with van der Waals surface area (Å²) >= 11 is 0. The molecule has 1 N–H and O–H groups in total. The number of benzene rings is 1. The summed E-state index contributed by atoms with van der Waals surface area (Å²) in [5.41, 5.74) is 3.29. The number of rotatable bonds is 5. The summed E-state index contributed by atoms with van der Waals surface area (Å²) in [4.78, 5) is 24.7. The minimum absolute atomic E-state index is 0.109. The van der Waals surface area contributed by atoms with Gasteiger partial charge in [-0.1, -0.05) is 32.9 Å². The van der Waals surface area contributed by atoms with Crippen LogP contribution in [0.1, 0.15) is 43.1 Å². The smallest absolute Gasteiger partial charge is 0.253 e. The molecule has 4 atom stereocenters. The van der Waals surface area contributed by atoms with Crippen LogP contribution in [0.3, 0.4) is 0 Å². The topological polar surface area (TPSA) is 51.7 Å². The predicted molar refractivity (Wildman–Crippen MR) is 136 cm³/mol. The van der Waals surface area contributed by atoms with E-state index in [0.29, 0.717) is 29.8 Å². The number of pyridine rings is 1. The number of likely N-dealkylation sites (N-methyl/N-ethyl adjacent to an activating group) is 1. The second-order valence-electron chi connectivity index (χ2n) is 12.0. The van der Waals surface area contributed by atoms with Crippen molar-refractivity contribution in [2.75, 3.05) is 50.0 Å². The largest absolute Gasteiger partial charge is 0.383 e. The first-order chi connectivity index (χ1) is 16.3. The predicted octanol–water partition coefficient (Wildman–Crippen LogP) is 3.70. The fourth-order valence-electron chi connectivity index (χ4n) is 6.46. The van der Waals surface area contributed by atoms with Crippen LogP contribution in [0, 0.1) is 17.8 Å². The standard InChI is InChI=1S/C28H37N5O/c1-28(2,3)19-7-5-18(6-8-19)27(34)32-16-24-23(25(24)17-32)13-29-20-9-10-26(30-12-20)33-15-21-11-22(33)14-31(21)4/h5-10,12,21-25,29H,11,13-17H2,1-4H3. The monoisotopic (exact) mass is 459 g/mol. The van der Waals surface area contributed by atoms with E-state index < -0.39 is 0 Å². The van der Waals surface area contributed by atoms with Gasteiger partial charge >= 0.3 is 0 Å². The molecule has 1 saturated carbocycles. The molecule has 4 fully saturated rings. The Morgan fingerprint density at radius 2 is 1.74 bits per heavy atom. The molecular formula is C28H37N5O. The molecule has 1 amide bonds. The highest BCUT2D eigenvalue weighted by Crippen LogP contribution is 2.51. The molecule has 2 aromatic rings. The first-order valence-electron chi connectivity index (χ1n) is 12.8. The van der Waals surface area contributed by atoms with Gasteiger partial charge < -0.3 is 15.1 Å². The number of piperazine rings is 1. The Kier molecular flexibility index (Phi) is 5.14. The number of nitrogens with zero attached hydrogens (tertiary/aromatic N) is 4. The van der Waals surface area contributed by atoms with Crippen LogP contribution in [0.5, 0.6) is 0 Å². The van der Waals surface area contributed by atoms with Crippen molar-refractivity contribution in [3.8, 4) is 0 Å². The van der Waals surface area contributed by atoms with Crippen LogP contribution in [0.2, 0.25) is 0 Å². The van der Waals surface area contributed by atoms with Crippen LogP contribution in [0.15, 0.2) is 42.6 Å². The Balaban J connectivity index is 0.980. The zero-order chi connectivity index (χ0) is 23.6. The van der Waals surface area contributed by atoms with Gasteiger partial charge in [0.05, 0.1) is 11.9 Å². The van der Waals surface area contributed by atoms with Crippen molar-refractivity contribution in [1.29, 1.82) is 0 Å². The summed E-state index contributed by atoms with van der Waals surface area (Å²) in [6.45, 7) is 11.6. The van der Waals surface area contributed by atoms with Crippen LogP contribution >= 0.6 is 0 Å². The number of hydrogen-bond acceptors (Lipinski definition) is 5. The zero-order valence-corrected chi connectivity index (χ0v) is 20.9. The number of nitrogens with one attached hydrogen (secondary N) is 1. The Labute approximate surface area is 203 Å². The molecule has 2 bridgehead atoms. The number of amides is 1. The zero-order valence-electron chi connectivity index (χ0n) is 20.9. The number of carbonyl (C=O) groups excluding carboxylic acids is 1. The van der Waals surface area contributed by atoms with E-state index in [0.717, 1.165) is 49.8 Å². The van der Waals surface area contributed by atoms with E-state index in [1.807, 2.05) is 18.3 Å². The Bertz CT molecular complexity index is 1050. The Morgan fingerprint density at radius 3 is 2.29 bits per heavy atom. The highest BCUT2D eigenvalue weighted by Gasteiger charge is 2.56. The third kappa shape index (κ3) is 3.86. The van der Waals surface area contributed by atoms with E-state index in [1.54, 1.807) is 0 Å². The maximum atomic E-state index is 13.0. The van der Waals surface area contributed by atoms with Crippen LogP contribution < -0.4 is 10.2 Å². The molecule has 4 heterocycles. The number of aromatic nitrogens is 1. The van der Waals surface area contributed by atoms with E-state index >= 15 is 0 Å². The van der Waals surface area contributed by atoms with Crippen molar-refractivity contribution in [3.63, 3.8) is 0 Å². The third-order valence-electron chi connectivity index (χ3n) is 8.75. The Morgan fingerprint density at radius 1 is 1.00 bits per heavy atom. The molecule has 1 aliphatic carbocycles. The molecule has 0 radical (unpaired) electrons. The van der Waals surface area contributed by atoms with Crippen molar-refractivity contribution >= 4 is 17.4 Å². The molecular weight excluding hydrogens is 422 g/mol. The summed E-state index contributed by atoms with van der Waals surface area (Å²) < 4.78 is 0. The molecule has 6 rings (SSSR count). The van der Waals surface area contributed by atoms with Crippen LogP contribution in [0.4, 0.5) is 11.5 Å². The fraction of sp³-hybridized carbons (Fsp3) is 0.571. The van der Waals surface area contributed by atoms with Gasteiger partial charge in [0.15, 0.2) is 0 Å². The van der Waals surface area contributed by atoms with E-state index in [-0.39, 0.29) is 11.3 Å². The fourth-order valence-corrected chi connectivity index (χ4v) is 6.46. The minimum atomic E-state index is 0.109. The second kappa shape index (κ2) is 7.98. The first kappa shape index (κ1) is 21.9. The second-order valence-corrected chi connectivity index (χ2v) is 12.0. The number of fused-ring (bicyclic) bond motifs is 3. The first-order valence-corrected chi connectivity index (χ1v) is 12.8. The number of piperidine rings is 1.